The molecule has 0 bridgehead atoms. The highest BCUT2D eigenvalue weighted by Crippen LogP contribution is 2.34. The van der Waals surface area contributed by atoms with Crippen molar-refractivity contribution in [3.8, 4) is 10.7 Å². The third-order valence-electron chi connectivity index (χ3n) is 3.93. The van der Waals surface area contributed by atoms with Gasteiger partial charge in [-0.3, -0.25) is 9.78 Å². The number of aromatic nitrogens is 2. The third-order valence-corrected chi connectivity index (χ3v) is 5.90. The number of ether oxygens (including phenoxy) is 2. The van der Waals surface area contributed by atoms with Gasteiger partial charge in [0.1, 0.15) is 17.7 Å². The van der Waals surface area contributed by atoms with E-state index < -0.39 is 0 Å². The summed E-state index contributed by atoms with van der Waals surface area (Å²) in [5, 5.41) is 4.77. The lowest BCUT2D eigenvalue weighted by molar-refractivity contribution is -0.148. The average molecular weight is 372 g/mol. The van der Waals surface area contributed by atoms with Crippen LogP contribution < -0.4 is 0 Å². The molecule has 0 saturated heterocycles. The summed E-state index contributed by atoms with van der Waals surface area (Å²) in [4.78, 5) is 22.1. The summed E-state index contributed by atoms with van der Waals surface area (Å²) in [5.74, 6) is -0.265. The Labute approximate surface area is 153 Å². The van der Waals surface area contributed by atoms with Gasteiger partial charge in [-0.05, 0) is 35.6 Å². The number of thiophene rings is 1. The minimum absolute atomic E-state index is 0.173. The van der Waals surface area contributed by atoms with Gasteiger partial charge in [0, 0.05) is 16.5 Å². The molecule has 0 N–H and O–H groups in total. The summed E-state index contributed by atoms with van der Waals surface area (Å²) in [7, 11) is 0. The van der Waals surface area contributed by atoms with Crippen LogP contribution in [-0.2, 0) is 27.3 Å². The quantitative estimate of drug-likeness (QED) is 0.633. The van der Waals surface area contributed by atoms with Crippen LogP contribution in [0.1, 0.15) is 28.7 Å². The molecule has 7 heteroatoms. The van der Waals surface area contributed by atoms with Crippen molar-refractivity contribution in [1.29, 1.82) is 0 Å². The molecule has 1 aliphatic rings. The second-order valence-electron chi connectivity index (χ2n) is 5.64. The molecule has 0 radical (unpaired) electrons. The largest absolute Gasteiger partial charge is 0.459 e. The molecule has 0 unspecified atom stereocenters. The summed E-state index contributed by atoms with van der Waals surface area (Å²) in [6.45, 7) is 0.827. The van der Waals surface area contributed by atoms with Crippen molar-refractivity contribution in [2.45, 2.75) is 25.6 Å². The van der Waals surface area contributed by atoms with Crippen LogP contribution in [0.2, 0.25) is 0 Å². The first kappa shape index (κ1) is 16.4. The lowest BCUT2D eigenvalue weighted by atomic mass is 10.1. The number of rotatable bonds is 5. The van der Waals surface area contributed by atoms with Crippen LogP contribution in [0.5, 0.6) is 0 Å². The summed E-state index contributed by atoms with van der Waals surface area (Å²) in [6, 6.07) is 7.81. The predicted molar refractivity (Wildman–Crippen MR) is 96.5 cm³/mol. The fourth-order valence-corrected chi connectivity index (χ4v) is 4.50. The summed E-state index contributed by atoms with van der Waals surface area (Å²) < 4.78 is 11.1. The van der Waals surface area contributed by atoms with Gasteiger partial charge in [-0.15, -0.1) is 22.7 Å². The van der Waals surface area contributed by atoms with E-state index in [9.17, 15) is 4.79 Å². The minimum Gasteiger partial charge on any atom is -0.459 e. The van der Waals surface area contributed by atoms with Crippen molar-refractivity contribution in [2.24, 2.45) is 0 Å². The normalized spacial score (nSPS) is 16.4. The first-order valence-corrected chi connectivity index (χ1v) is 9.75. The molecular weight excluding hydrogens is 356 g/mol. The van der Waals surface area contributed by atoms with Gasteiger partial charge in [0.05, 0.1) is 24.4 Å². The van der Waals surface area contributed by atoms with Crippen molar-refractivity contribution in [3.05, 3.63) is 57.4 Å². The van der Waals surface area contributed by atoms with E-state index in [-0.39, 0.29) is 25.1 Å². The highest BCUT2D eigenvalue weighted by molar-refractivity contribution is 7.13. The van der Waals surface area contributed by atoms with Crippen molar-refractivity contribution in [1.82, 2.24) is 9.97 Å². The van der Waals surface area contributed by atoms with Gasteiger partial charge in [-0.1, -0.05) is 6.07 Å². The molecular formula is C18H16N2O3S2. The SMILES string of the molecule is O=C(C[C@@H]1OCCc2ccsc21)OCc1csc(-c2ccccn2)n1. The van der Waals surface area contributed by atoms with Crippen LogP contribution >= 0.6 is 22.7 Å². The Balaban J connectivity index is 1.33. The second-order valence-corrected chi connectivity index (χ2v) is 7.45. The third kappa shape index (κ3) is 3.78. The van der Waals surface area contributed by atoms with Crippen LogP contribution in [0.4, 0.5) is 0 Å². The first-order valence-electron chi connectivity index (χ1n) is 7.99. The first-order chi connectivity index (χ1) is 12.3. The van der Waals surface area contributed by atoms with Gasteiger partial charge in [-0.2, -0.15) is 0 Å². The number of carbonyl (C=O) groups excluding carboxylic acids is 1. The van der Waals surface area contributed by atoms with Crippen LogP contribution in [0, 0.1) is 0 Å². The lowest BCUT2D eigenvalue weighted by Gasteiger charge is -2.22. The zero-order valence-electron chi connectivity index (χ0n) is 13.4. The number of esters is 1. The monoisotopic (exact) mass is 372 g/mol. The maximum Gasteiger partial charge on any atom is 0.309 e. The average Bonchev–Trinajstić information content (AvgIpc) is 3.31. The van der Waals surface area contributed by atoms with Gasteiger partial charge < -0.3 is 9.47 Å². The Bertz CT molecular complexity index is 860. The molecule has 4 heterocycles. The fourth-order valence-electron chi connectivity index (χ4n) is 2.72. The van der Waals surface area contributed by atoms with E-state index >= 15 is 0 Å². The molecule has 5 nitrogen and oxygen atoms in total. The zero-order valence-corrected chi connectivity index (χ0v) is 15.0. The predicted octanol–water partition coefficient (Wildman–Crippen LogP) is 4.01. The Morgan fingerprint density at radius 2 is 2.28 bits per heavy atom. The van der Waals surface area contributed by atoms with E-state index in [2.05, 4.69) is 16.0 Å². The van der Waals surface area contributed by atoms with E-state index in [1.54, 1.807) is 17.5 Å². The van der Waals surface area contributed by atoms with Crippen molar-refractivity contribution in [3.63, 3.8) is 0 Å². The molecule has 1 aliphatic heterocycles. The van der Waals surface area contributed by atoms with E-state index in [1.165, 1.54) is 16.9 Å². The van der Waals surface area contributed by atoms with E-state index in [1.807, 2.05) is 29.0 Å². The smallest absolute Gasteiger partial charge is 0.309 e. The lowest BCUT2D eigenvalue weighted by Crippen LogP contribution is -2.18. The molecule has 0 aromatic carbocycles. The van der Waals surface area contributed by atoms with Crippen molar-refractivity contribution >= 4 is 28.6 Å². The maximum atomic E-state index is 12.2. The molecule has 3 aromatic heterocycles. The molecule has 0 amide bonds. The summed E-state index contributed by atoms with van der Waals surface area (Å²) in [6.07, 6.45) is 2.71. The van der Waals surface area contributed by atoms with Gasteiger partial charge >= 0.3 is 5.97 Å². The van der Waals surface area contributed by atoms with Crippen LogP contribution in [-0.4, -0.2) is 22.5 Å². The standard InChI is InChI=1S/C18H16N2O3S2/c21-16(9-15-17-12(4-7-22-15)5-8-24-17)23-10-13-11-25-18(20-13)14-3-1-2-6-19-14/h1-3,5-6,8,11,15H,4,7,9-10H2/t15-/m0/s1. The molecule has 128 valence electrons. The van der Waals surface area contributed by atoms with E-state index in [0.29, 0.717) is 6.61 Å². The molecule has 25 heavy (non-hydrogen) atoms. The number of nitrogens with zero attached hydrogens (tertiary/aromatic N) is 2. The van der Waals surface area contributed by atoms with Crippen molar-refractivity contribution < 1.29 is 14.3 Å². The Kier molecular flexibility index (Phi) is 4.87. The molecule has 0 spiro atoms. The second kappa shape index (κ2) is 7.43. The maximum absolute atomic E-state index is 12.2. The highest BCUT2D eigenvalue weighted by atomic mass is 32.1. The number of hydrogen-bond acceptors (Lipinski definition) is 7. The van der Waals surface area contributed by atoms with E-state index in [0.717, 1.165) is 27.7 Å². The summed E-state index contributed by atoms with van der Waals surface area (Å²) in [5.41, 5.74) is 2.85. The Morgan fingerprint density at radius 1 is 1.32 bits per heavy atom. The van der Waals surface area contributed by atoms with Crippen LogP contribution in [0.15, 0.2) is 41.2 Å². The molecule has 0 fully saturated rings. The number of carbonyl (C=O) groups is 1. The topological polar surface area (TPSA) is 61.3 Å². The Morgan fingerprint density at radius 3 is 3.16 bits per heavy atom. The molecule has 3 aromatic rings. The zero-order chi connectivity index (χ0) is 17.1. The fraction of sp³-hybridized carbons (Fsp3) is 0.278. The summed E-state index contributed by atoms with van der Waals surface area (Å²) >= 11 is 3.13. The minimum atomic E-state index is -0.265. The molecule has 4 rings (SSSR count). The number of fused-ring (bicyclic) bond motifs is 1. The molecule has 0 aliphatic carbocycles. The molecule has 1 atom stereocenters. The Hall–Kier alpha value is -2.09. The van der Waals surface area contributed by atoms with Crippen LogP contribution in [0.3, 0.4) is 0 Å². The van der Waals surface area contributed by atoms with Gasteiger partial charge in [0.25, 0.3) is 0 Å². The van der Waals surface area contributed by atoms with Crippen LogP contribution in [0.25, 0.3) is 10.7 Å². The van der Waals surface area contributed by atoms with E-state index in [4.69, 9.17) is 9.47 Å². The molecule has 0 saturated carbocycles. The van der Waals surface area contributed by atoms with Gasteiger partial charge in [0.15, 0.2) is 0 Å². The van der Waals surface area contributed by atoms with Crippen molar-refractivity contribution in [2.75, 3.05) is 6.61 Å². The van der Waals surface area contributed by atoms with Gasteiger partial charge in [-0.25, -0.2) is 4.98 Å². The number of thiazole rings is 1. The van der Waals surface area contributed by atoms with Gasteiger partial charge in [0.2, 0.25) is 0 Å². The highest BCUT2D eigenvalue weighted by Gasteiger charge is 2.25. The number of hydrogen-bond donors (Lipinski definition) is 0. The number of pyridine rings is 1.